The van der Waals surface area contributed by atoms with Gasteiger partial charge in [0.15, 0.2) is 0 Å². The number of hydrogen-bond donors (Lipinski definition) is 2. The molecule has 0 radical (unpaired) electrons. The molecule has 0 aliphatic rings. The quantitative estimate of drug-likeness (QED) is 0.470. The van der Waals surface area contributed by atoms with Crippen LogP contribution in [-0.4, -0.2) is 23.7 Å². The molecule has 0 fully saturated rings. The van der Waals surface area contributed by atoms with Crippen molar-refractivity contribution in [3.63, 3.8) is 0 Å². The highest BCUT2D eigenvalue weighted by Gasteiger charge is 2.05. The van der Waals surface area contributed by atoms with Crippen molar-refractivity contribution in [2.45, 2.75) is 38.6 Å². The highest BCUT2D eigenvalue weighted by molar-refractivity contribution is 5.76. The molecular weight excluding hydrogens is 166 g/mol. The highest BCUT2D eigenvalue weighted by atomic mass is 16.2. The second kappa shape index (κ2) is 7.63. The third-order valence-corrected chi connectivity index (χ3v) is 1.76. The molecule has 0 saturated heterocycles. The average Bonchev–Trinajstić information content (AvgIpc) is 2.14. The van der Waals surface area contributed by atoms with Gasteiger partial charge in [0, 0.05) is 13.0 Å². The van der Waals surface area contributed by atoms with Gasteiger partial charge in [-0.05, 0) is 19.3 Å². The summed E-state index contributed by atoms with van der Waals surface area (Å²) in [5.74, 6) is 2.46. The van der Waals surface area contributed by atoms with Crippen LogP contribution in [-0.2, 0) is 4.79 Å². The van der Waals surface area contributed by atoms with Gasteiger partial charge in [-0.15, -0.1) is 6.42 Å². The first-order valence-electron chi connectivity index (χ1n) is 4.61. The molecule has 0 rings (SSSR count). The van der Waals surface area contributed by atoms with Crippen LogP contribution in [0.5, 0.6) is 0 Å². The Labute approximate surface area is 79.5 Å². The Kier molecular flexibility index (Phi) is 7.04. The van der Waals surface area contributed by atoms with Gasteiger partial charge in [-0.25, -0.2) is 0 Å². The van der Waals surface area contributed by atoms with Crippen LogP contribution < -0.4 is 5.32 Å². The van der Waals surface area contributed by atoms with Gasteiger partial charge in [-0.1, -0.05) is 12.8 Å². The Morgan fingerprint density at radius 1 is 1.62 bits per heavy atom. The van der Waals surface area contributed by atoms with Gasteiger partial charge in [0.25, 0.3) is 0 Å². The van der Waals surface area contributed by atoms with Crippen LogP contribution in [0.25, 0.3) is 0 Å². The first-order valence-corrected chi connectivity index (χ1v) is 4.61. The molecule has 0 aliphatic heterocycles. The molecule has 0 heterocycles. The number of aliphatic hydroxyl groups excluding tert-OH is 1. The van der Waals surface area contributed by atoms with Crippen LogP contribution in [0.2, 0.25) is 0 Å². The standard InChI is InChI=1S/C10H17NO2/c1-3-9(4-2)11-10(13)7-5-6-8-12/h1,9,12H,4-8H2,2H3,(H,11,13). The third kappa shape index (κ3) is 6.18. The normalized spacial score (nSPS) is 11.8. The molecule has 3 heteroatoms. The van der Waals surface area contributed by atoms with E-state index in [0.29, 0.717) is 19.3 Å². The Bertz CT molecular complexity index is 184. The lowest BCUT2D eigenvalue weighted by Crippen LogP contribution is -2.32. The van der Waals surface area contributed by atoms with Gasteiger partial charge in [0.1, 0.15) is 0 Å². The van der Waals surface area contributed by atoms with Gasteiger partial charge < -0.3 is 10.4 Å². The topological polar surface area (TPSA) is 49.3 Å². The van der Waals surface area contributed by atoms with Gasteiger partial charge in [0.2, 0.25) is 5.91 Å². The predicted octanol–water partition coefficient (Wildman–Crippen LogP) is 0.677. The summed E-state index contributed by atoms with van der Waals surface area (Å²) in [5.41, 5.74) is 0. The lowest BCUT2D eigenvalue weighted by molar-refractivity contribution is -0.121. The molecule has 1 amide bonds. The fraction of sp³-hybridized carbons (Fsp3) is 0.700. The molecule has 1 atom stereocenters. The minimum atomic E-state index is -0.151. The summed E-state index contributed by atoms with van der Waals surface area (Å²) in [6.07, 6.45) is 7.76. The Morgan fingerprint density at radius 2 is 2.31 bits per heavy atom. The number of unbranched alkanes of at least 4 members (excludes halogenated alkanes) is 1. The van der Waals surface area contributed by atoms with Crippen LogP contribution in [0, 0.1) is 12.3 Å². The van der Waals surface area contributed by atoms with Gasteiger partial charge in [-0.2, -0.15) is 0 Å². The Balaban J connectivity index is 3.56. The van der Waals surface area contributed by atoms with Crippen molar-refractivity contribution in [2.75, 3.05) is 6.61 Å². The van der Waals surface area contributed by atoms with Gasteiger partial charge in [-0.3, -0.25) is 4.79 Å². The molecule has 0 saturated carbocycles. The van der Waals surface area contributed by atoms with E-state index in [9.17, 15) is 4.79 Å². The third-order valence-electron chi connectivity index (χ3n) is 1.76. The summed E-state index contributed by atoms with van der Waals surface area (Å²) in [6.45, 7) is 2.07. The molecule has 0 aromatic carbocycles. The van der Waals surface area contributed by atoms with Gasteiger partial charge in [0.05, 0.1) is 6.04 Å². The van der Waals surface area contributed by atoms with Crippen molar-refractivity contribution < 1.29 is 9.90 Å². The summed E-state index contributed by atoms with van der Waals surface area (Å²) in [7, 11) is 0. The number of rotatable bonds is 6. The van der Waals surface area contributed by atoms with Crippen LogP contribution in [0.3, 0.4) is 0 Å². The molecule has 0 spiro atoms. The summed E-state index contributed by atoms with van der Waals surface area (Å²) in [4.78, 5) is 11.2. The fourth-order valence-corrected chi connectivity index (χ4v) is 0.925. The van der Waals surface area contributed by atoms with E-state index in [2.05, 4.69) is 11.2 Å². The molecule has 74 valence electrons. The zero-order valence-electron chi connectivity index (χ0n) is 8.05. The second-order valence-corrected chi connectivity index (χ2v) is 2.88. The monoisotopic (exact) mass is 183 g/mol. The van der Waals surface area contributed by atoms with Crippen molar-refractivity contribution in [3.05, 3.63) is 0 Å². The second-order valence-electron chi connectivity index (χ2n) is 2.88. The minimum Gasteiger partial charge on any atom is -0.396 e. The smallest absolute Gasteiger partial charge is 0.220 e. The van der Waals surface area contributed by atoms with E-state index in [1.165, 1.54) is 0 Å². The van der Waals surface area contributed by atoms with E-state index in [1.807, 2.05) is 6.92 Å². The predicted molar refractivity (Wildman–Crippen MR) is 52.0 cm³/mol. The van der Waals surface area contributed by atoms with Crippen molar-refractivity contribution in [1.82, 2.24) is 5.32 Å². The molecule has 3 nitrogen and oxygen atoms in total. The van der Waals surface area contributed by atoms with Crippen LogP contribution in [0.15, 0.2) is 0 Å². The largest absolute Gasteiger partial charge is 0.396 e. The maximum absolute atomic E-state index is 11.2. The minimum absolute atomic E-state index is 0.0294. The maximum Gasteiger partial charge on any atom is 0.220 e. The van der Waals surface area contributed by atoms with Crippen molar-refractivity contribution in [3.8, 4) is 12.3 Å². The number of hydrogen-bond acceptors (Lipinski definition) is 2. The summed E-state index contributed by atoms with van der Waals surface area (Å²) >= 11 is 0. The highest BCUT2D eigenvalue weighted by Crippen LogP contribution is 1.96. The summed E-state index contributed by atoms with van der Waals surface area (Å²) < 4.78 is 0. The lowest BCUT2D eigenvalue weighted by Gasteiger charge is -2.09. The molecule has 1 unspecified atom stereocenters. The molecule has 0 aromatic heterocycles. The van der Waals surface area contributed by atoms with Crippen molar-refractivity contribution >= 4 is 5.91 Å². The Morgan fingerprint density at radius 3 is 2.77 bits per heavy atom. The summed E-state index contributed by atoms with van der Waals surface area (Å²) in [5, 5.41) is 11.2. The summed E-state index contributed by atoms with van der Waals surface area (Å²) in [6, 6.07) is -0.151. The van der Waals surface area contributed by atoms with Crippen LogP contribution in [0.1, 0.15) is 32.6 Å². The van der Waals surface area contributed by atoms with E-state index >= 15 is 0 Å². The zero-order chi connectivity index (χ0) is 10.1. The van der Waals surface area contributed by atoms with Gasteiger partial charge >= 0.3 is 0 Å². The van der Waals surface area contributed by atoms with Crippen molar-refractivity contribution in [1.29, 1.82) is 0 Å². The molecule has 0 aliphatic carbocycles. The van der Waals surface area contributed by atoms with E-state index in [-0.39, 0.29) is 18.6 Å². The lowest BCUT2D eigenvalue weighted by atomic mass is 10.2. The number of amides is 1. The molecule has 2 N–H and O–H groups in total. The van der Waals surface area contributed by atoms with E-state index in [4.69, 9.17) is 11.5 Å². The number of terminal acetylenes is 1. The first kappa shape index (κ1) is 12.0. The number of aliphatic hydroxyl groups is 1. The molecule has 13 heavy (non-hydrogen) atoms. The zero-order valence-corrected chi connectivity index (χ0v) is 8.05. The Hall–Kier alpha value is -1.01. The van der Waals surface area contributed by atoms with E-state index < -0.39 is 0 Å². The number of carbonyl (C=O) groups excluding carboxylic acids is 1. The molecular formula is C10H17NO2. The SMILES string of the molecule is C#CC(CC)NC(=O)CCCCO. The molecule has 0 bridgehead atoms. The average molecular weight is 183 g/mol. The van der Waals surface area contributed by atoms with Crippen LogP contribution in [0.4, 0.5) is 0 Å². The first-order chi connectivity index (χ1) is 6.24. The van der Waals surface area contributed by atoms with E-state index in [1.54, 1.807) is 0 Å². The van der Waals surface area contributed by atoms with Crippen molar-refractivity contribution in [2.24, 2.45) is 0 Å². The van der Waals surface area contributed by atoms with Crippen LogP contribution >= 0.6 is 0 Å². The molecule has 0 aromatic rings. The fourth-order valence-electron chi connectivity index (χ4n) is 0.925. The number of nitrogens with one attached hydrogen (secondary N) is 1. The van der Waals surface area contributed by atoms with E-state index in [0.717, 1.165) is 6.42 Å². The number of carbonyl (C=O) groups is 1. The maximum atomic E-state index is 11.2.